The second-order valence-corrected chi connectivity index (χ2v) is 1.42. The van der Waals surface area contributed by atoms with Crippen molar-refractivity contribution < 1.29 is 4.74 Å². The van der Waals surface area contributed by atoms with E-state index in [0.717, 1.165) is 0 Å². The summed E-state index contributed by atoms with van der Waals surface area (Å²) in [6.07, 6.45) is 1.71. The molecule has 1 atom stereocenters. The first-order valence-electron chi connectivity index (χ1n) is 2.53. The van der Waals surface area contributed by atoms with E-state index in [1.165, 1.54) is 6.26 Å². The van der Waals surface area contributed by atoms with E-state index in [0.29, 0.717) is 13.0 Å². The fourth-order valence-corrected chi connectivity index (χ4v) is 0.356. The Morgan fingerprint density at radius 3 is 2.75 bits per heavy atom. The molecule has 48 valence electrons. The molecule has 0 aromatic rings. The van der Waals surface area contributed by atoms with E-state index in [4.69, 9.17) is 16.2 Å². The Morgan fingerprint density at radius 2 is 2.38 bits per heavy atom. The number of ether oxygens (including phenoxy) is 1. The van der Waals surface area contributed by atoms with Crippen LogP contribution in [0.25, 0.3) is 0 Å². The summed E-state index contributed by atoms with van der Waals surface area (Å²) in [5, 5.41) is 0. The molecule has 0 bridgehead atoms. The lowest BCUT2D eigenvalue weighted by Crippen LogP contribution is -2.24. The Balaban J connectivity index is 3.03. The molecule has 3 heteroatoms. The van der Waals surface area contributed by atoms with Crippen LogP contribution in [0.2, 0.25) is 0 Å². The van der Waals surface area contributed by atoms with Gasteiger partial charge in [-0.25, -0.2) is 0 Å². The summed E-state index contributed by atoms with van der Waals surface area (Å²) in [5.41, 5.74) is 10.5. The summed E-state index contributed by atoms with van der Waals surface area (Å²) in [6, 6.07) is 0. The van der Waals surface area contributed by atoms with Crippen molar-refractivity contribution in [1.82, 2.24) is 0 Å². The highest BCUT2D eigenvalue weighted by Gasteiger charge is 1.94. The van der Waals surface area contributed by atoms with E-state index in [1.807, 2.05) is 0 Å². The van der Waals surface area contributed by atoms with Crippen LogP contribution < -0.4 is 11.5 Å². The molecule has 0 radical (unpaired) electrons. The summed E-state index contributed by atoms with van der Waals surface area (Å²) in [4.78, 5) is 0. The molecule has 0 aliphatic carbocycles. The number of hydrogen-bond acceptors (Lipinski definition) is 3. The van der Waals surface area contributed by atoms with Crippen LogP contribution >= 0.6 is 0 Å². The summed E-state index contributed by atoms with van der Waals surface area (Å²) < 4.78 is 4.74. The van der Waals surface area contributed by atoms with Gasteiger partial charge in [0.25, 0.3) is 0 Å². The van der Waals surface area contributed by atoms with Crippen molar-refractivity contribution in [3.05, 3.63) is 12.8 Å². The van der Waals surface area contributed by atoms with Gasteiger partial charge < -0.3 is 10.5 Å². The number of nitrogens with two attached hydrogens (primary N) is 2. The van der Waals surface area contributed by atoms with Gasteiger partial charge in [0, 0.05) is 6.42 Å². The van der Waals surface area contributed by atoms with Crippen LogP contribution in [0.15, 0.2) is 12.8 Å². The third-order valence-corrected chi connectivity index (χ3v) is 0.722. The lowest BCUT2D eigenvalue weighted by molar-refractivity contribution is 0.145. The monoisotopic (exact) mass is 116 g/mol. The summed E-state index contributed by atoms with van der Waals surface area (Å²) >= 11 is 0. The Morgan fingerprint density at radius 1 is 1.75 bits per heavy atom. The van der Waals surface area contributed by atoms with Gasteiger partial charge in [0.15, 0.2) is 0 Å². The van der Waals surface area contributed by atoms with Crippen molar-refractivity contribution in [2.45, 2.75) is 12.6 Å². The predicted octanol–water partition coefficient (Wildman–Crippen LogP) is -0.220. The van der Waals surface area contributed by atoms with Crippen LogP contribution in [-0.2, 0) is 4.74 Å². The fraction of sp³-hybridized carbons (Fsp3) is 0.600. The van der Waals surface area contributed by atoms with E-state index < -0.39 is 0 Å². The number of hydrogen-bond donors (Lipinski definition) is 2. The van der Waals surface area contributed by atoms with Gasteiger partial charge in [0.05, 0.1) is 6.26 Å². The topological polar surface area (TPSA) is 61.3 Å². The van der Waals surface area contributed by atoms with Crippen LogP contribution in [-0.4, -0.2) is 12.8 Å². The molecule has 4 N–H and O–H groups in total. The zero-order valence-corrected chi connectivity index (χ0v) is 4.84. The minimum absolute atomic E-state index is 0.280. The van der Waals surface area contributed by atoms with Gasteiger partial charge in [-0.05, 0) is 6.54 Å². The van der Waals surface area contributed by atoms with Gasteiger partial charge in [-0.15, -0.1) is 0 Å². The van der Waals surface area contributed by atoms with Crippen molar-refractivity contribution in [2.75, 3.05) is 6.54 Å². The van der Waals surface area contributed by atoms with E-state index in [9.17, 15) is 0 Å². The second-order valence-electron chi connectivity index (χ2n) is 1.42. The molecular formula is C5H12N2O. The minimum atomic E-state index is -0.280. The maximum atomic E-state index is 5.32. The average Bonchev–Trinajstić information content (AvgIpc) is 1.68. The van der Waals surface area contributed by atoms with Gasteiger partial charge in [-0.1, -0.05) is 6.58 Å². The lowest BCUT2D eigenvalue weighted by Gasteiger charge is -2.07. The van der Waals surface area contributed by atoms with Crippen LogP contribution in [0.4, 0.5) is 0 Å². The molecule has 1 unspecified atom stereocenters. The standard InChI is InChI=1S/C5H12N2O/c1-2-8-5(7)3-4-6/h2,5H,1,3-4,6-7H2. The fourth-order valence-electron chi connectivity index (χ4n) is 0.356. The molecule has 0 saturated carbocycles. The molecule has 0 aromatic heterocycles. The first kappa shape index (κ1) is 7.46. The molecule has 0 rings (SSSR count). The Hall–Kier alpha value is -0.540. The van der Waals surface area contributed by atoms with Crippen molar-refractivity contribution in [1.29, 1.82) is 0 Å². The third kappa shape index (κ3) is 3.64. The summed E-state index contributed by atoms with van der Waals surface area (Å²) in [7, 11) is 0. The molecule has 0 saturated heterocycles. The van der Waals surface area contributed by atoms with Crippen molar-refractivity contribution >= 4 is 0 Å². The van der Waals surface area contributed by atoms with Gasteiger partial charge >= 0.3 is 0 Å². The molecule has 0 fully saturated rings. The van der Waals surface area contributed by atoms with Crippen LogP contribution in [0.1, 0.15) is 6.42 Å². The average molecular weight is 116 g/mol. The highest BCUT2D eigenvalue weighted by atomic mass is 16.5. The van der Waals surface area contributed by atoms with E-state index in [2.05, 4.69) is 6.58 Å². The second kappa shape index (κ2) is 4.61. The molecule has 3 nitrogen and oxygen atoms in total. The molecular weight excluding hydrogens is 104 g/mol. The SMILES string of the molecule is C=COC(N)CCN. The Labute approximate surface area is 49.3 Å². The van der Waals surface area contributed by atoms with Gasteiger partial charge in [0.1, 0.15) is 6.23 Å². The summed E-state index contributed by atoms with van der Waals surface area (Å²) in [6.45, 7) is 3.89. The Kier molecular flexibility index (Phi) is 4.30. The molecule has 0 aromatic carbocycles. The van der Waals surface area contributed by atoms with E-state index >= 15 is 0 Å². The van der Waals surface area contributed by atoms with E-state index in [1.54, 1.807) is 0 Å². The molecule has 0 amide bonds. The molecule has 0 aliphatic rings. The van der Waals surface area contributed by atoms with Gasteiger partial charge in [0.2, 0.25) is 0 Å². The predicted molar refractivity (Wildman–Crippen MR) is 32.9 cm³/mol. The highest BCUT2D eigenvalue weighted by molar-refractivity contribution is 4.55. The smallest absolute Gasteiger partial charge is 0.147 e. The third-order valence-electron chi connectivity index (χ3n) is 0.722. The first-order valence-corrected chi connectivity index (χ1v) is 2.53. The normalized spacial score (nSPS) is 12.8. The zero-order valence-electron chi connectivity index (χ0n) is 4.84. The van der Waals surface area contributed by atoms with Crippen LogP contribution in [0.5, 0.6) is 0 Å². The maximum absolute atomic E-state index is 5.32. The van der Waals surface area contributed by atoms with Crippen LogP contribution in [0.3, 0.4) is 0 Å². The molecule has 0 spiro atoms. The summed E-state index contributed by atoms with van der Waals surface area (Å²) in [5.74, 6) is 0. The lowest BCUT2D eigenvalue weighted by atomic mass is 10.4. The van der Waals surface area contributed by atoms with Crippen molar-refractivity contribution in [2.24, 2.45) is 11.5 Å². The van der Waals surface area contributed by atoms with Crippen molar-refractivity contribution in [3.8, 4) is 0 Å². The zero-order chi connectivity index (χ0) is 6.41. The van der Waals surface area contributed by atoms with E-state index in [-0.39, 0.29) is 6.23 Å². The molecule has 0 heterocycles. The first-order chi connectivity index (χ1) is 3.81. The minimum Gasteiger partial charge on any atom is -0.484 e. The van der Waals surface area contributed by atoms with Gasteiger partial charge in [-0.3, -0.25) is 5.73 Å². The van der Waals surface area contributed by atoms with Gasteiger partial charge in [-0.2, -0.15) is 0 Å². The molecule has 8 heavy (non-hydrogen) atoms. The highest BCUT2D eigenvalue weighted by Crippen LogP contribution is 1.86. The Bertz CT molecular complexity index is 65.4. The maximum Gasteiger partial charge on any atom is 0.147 e. The van der Waals surface area contributed by atoms with Crippen LogP contribution in [0, 0.1) is 0 Å². The molecule has 0 aliphatic heterocycles. The van der Waals surface area contributed by atoms with Crippen molar-refractivity contribution in [3.63, 3.8) is 0 Å². The number of rotatable bonds is 4. The quantitative estimate of drug-likeness (QED) is 0.394. The largest absolute Gasteiger partial charge is 0.484 e.